The third-order valence-corrected chi connectivity index (χ3v) is 7.19. The molecule has 1 saturated carbocycles. The molecular weight excluding hydrogens is 286 g/mol. The van der Waals surface area contributed by atoms with Gasteiger partial charge in [-0.2, -0.15) is 0 Å². The molecule has 2 fully saturated rings. The van der Waals surface area contributed by atoms with Crippen molar-refractivity contribution < 1.29 is 8.42 Å². The predicted octanol–water partition coefficient (Wildman–Crippen LogP) is 2.56. The van der Waals surface area contributed by atoms with Gasteiger partial charge in [-0.15, -0.1) is 0 Å². The summed E-state index contributed by atoms with van der Waals surface area (Å²) in [6.07, 6.45) is 8.73. The Morgan fingerprint density at radius 2 is 1.95 bits per heavy atom. The van der Waals surface area contributed by atoms with Crippen LogP contribution in [0.1, 0.15) is 62.4 Å². The molecule has 1 unspecified atom stereocenters. The highest BCUT2D eigenvalue weighted by Gasteiger charge is 2.36. The minimum atomic E-state index is -3.13. The number of hydrogen-bond donors (Lipinski definition) is 1. The normalized spacial score (nSPS) is 26.0. The Bertz CT molecular complexity index is 575. The maximum Gasteiger partial charge on any atom is 0.217 e. The summed E-state index contributed by atoms with van der Waals surface area (Å²) in [5, 5.41) is -0.150. The Hall–Kier alpha value is -0.880. The minimum Gasteiger partial charge on any atom is -0.346 e. The van der Waals surface area contributed by atoms with E-state index in [-0.39, 0.29) is 11.2 Å². The number of sulfonamides is 1. The van der Waals surface area contributed by atoms with Crippen LogP contribution in [0.5, 0.6) is 0 Å². The van der Waals surface area contributed by atoms with Crippen molar-refractivity contribution in [3.05, 3.63) is 17.7 Å². The van der Waals surface area contributed by atoms with Gasteiger partial charge in [0.25, 0.3) is 0 Å². The molecule has 1 N–H and O–H groups in total. The Balaban J connectivity index is 1.73. The molecule has 2 heterocycles. The minimum absolute atomic E-state index is 0.150. The summed E-state index contributed by atoms with van der Waals surface area (Å²) in [7, 11) is -3.13. The number of H-pyrrole nitrogens is 1. The third-order valence-electron chi connectivity index (χ3n) is 4.83. The van der Waals surface area contributed by atoms with Gasteiger partial charge in [-0.3, -0.25) is 0 Å². The van der Waals surface area contributed by atoms with E-state index in [1.54, 1.807) is 4.31 Å². The molecular formula is C15H25N3O2S. The van der Waals surface area contributed by atoms with Crippen LogP contribution < -0.4 is 0 Å². The number of nitrogens with zero attached hydrogens (tertiary/aromatic N) is 2. The van der Waals surface area contributed by atoms with Crippen LogP contribution >= 0.6 is 0 Å². The molecule has 1 aliphatic carbocycles. The van der Waals surface area contributed by atoms with E-state index >= 15 is 0 Å². The lowest BCUT2D eigenvalue weighted by atomic mass is 9.99. The van der Waals surface area contributed by atoms with Crippen LogP contribution in [-0.4, -0.2) is 41.0 Å². The first kappa shape index (κ1) is 15.0. The monoisotopic (exact) mass is 311 g/mol. The molecule has 6 heteroatoms. The summed E-state index contributed by atoms with van der Waals surface area (Å²) in [5.74, 6) is 1.15. The zero-order valence-corrected chi connectivity index (χ0v) is 13.5. The number of nitrogens with one attached hydrogen (secondary N) is 1. The molecule has 1 aromatic rings. The molecule has 1 saturated heterocycles. The van der Waals surface area contributed by atoms with E-state index in [0.29, 0.717) is 13.1 Å². The van der Waals surface area contributed by atoms with Crippen molar-refractivity contribution in [2.24, 2.45) is 0 Å². The Morgan fingerprint density at radius 1 is 1.19 bits per heavy atom. The molecule has 0 radical (unpaired) electrons. The molecule has 5 nitrogen and oxygen atoms in total. The number of aromatic amines is 1. The van der Waals surface area contributed by atoms with Crippen LogP contribution in [0.4, 0.5) is 0 Å². The topological polar surface area (TPSA) is 66.1 Å². The number of aromatic nitrogens is 2. The van der Waals surface area contributed by atoms with E-state index in [2.05, 4.69) is 9.97 Å². The van der Waals surface area contributed by atoms with Crippen molar-refractivity contribution in [3.63, 3.8) is 0 Å². The van der Waals surface area contributed by atoms with Crippen molar-refractivity contribution in [1.82, 2.24) is 14.3 Å². The zero-order valence-electron chi connectivity index (χ0n) is 12.7. The SMILES string of the molecule is Cc1cnc(C2CCCN(S(=O)(=O)C3CCCCC3)C2)[nH]1. The van der Waals surface area contributed by atoms with Gasteiger partial charge in [-0.05, 0) is 32.6 Å². The summed E-state index contributed by atoms with van der Waals surface area (Å²) in [6.45, 7) is 3.25. The molecule has 1 atom stereocenters. The third kappa shape index (κ3) is 3.16. The second kappa shape index (κ2) is 6.08. The highest BCUT2D eigenvalue weighted by Crippen LogP contribution is 2.31. The average molecular weight is 311 g/mol. The molecule has 3 rings (SSSR count). The van der Waals surface area contributed by atoms with Crippen LogP contribution in [-0.2, 0) is 10.0 Å². The lowest BCUT2D eigenvalue weighted by Crippen LogP contribution is -2.44. The molecule has 0 spiro atoms. The molecule has 1 aliphatic heterocycles. The van der Waals surface area contributed by atoms with Crippen molar-refractivity contribution in [2.45, 2.75) is 63.0 Å². The molecule has 118 valence electrons. The Kier molecular flexibility index (Phi) is 4.36. The number of imidazole rings is 1. The lowest BCUT2D eigenvalue weighted by Gasteiger charge is -2.34. The largest absolute Gasteiger partial charge is 0.346 e. The maximum absolute atomic E-state index is 12.8. The highest BCUT2D eigenvalue weighted by atomic mass is 32.2. The highest BCUT2D eigenvalue weighted by molar-refractivity contribution is 7.89. The Labute approximate surface area is 127 Å². The Morgan fingerprint density at radius 3 is 2.62 bits per heavy atom. The molecule has 0 aromatic carbocycles. The van der Waals surface area contributed by atoms with Crippen molar-refractivity contribution in [3.8, 4) is 0 Å². The fourth-order valence-corrected chi connectivity index (χ4v) is 5.73. The van der Waals surface area contributed by atoms with Gasteiger partial charge in [0.05, 0.1) is 5.25 Å². The first-order chi connectivity index (χ1) is 10.1. The summed E-state index contributed by atoms with van der Waals surface area (Å²) in [5.41, 5.74) is 1.04. The second-order valence-corrected chi connectivity index (χ2v) is 8.67. The fourth-order valence-electron chi connectivity index (χ4n) is 3.61. The number of hydrogen-bond acceptors (Lipinski definition) is 3. The standard InChI is InChI=1S/C15H25N3O2S/c1-12-10-16-15(17-12)13-6-5-9-18(11-13)21(19,20)14-7-3-2-4-8-14/h10,13-14H,2-9,11H2,1H3,(H,16,17). The predicted molar refractivity (Wildman–Crippen MR) is 82.7 cm³/mol. The van der Waals surface area contributed by atoms with Gasteiger partial charge in [0, 0.05) is 30.9 Å². The average Bonchev–Trinajstić information content (AvgIpc) is 2.95. The van der Waals surface area contributed by atoms with Crippen molar-refractivity contribution in [1.29, 1.82) is 0 Å². The number of aryl methyl sites for hydroxylation is 1. The van der Waals surface area contributed by atoms with E-state index in [0.717, 1.165) is 50.0 Å². The van der Waals surface area contributed by atoms with Crippen LogP contribution in [0.2, 0.25) is 0 Å². The van der Waals surface area contributed by atoms with Crippen LogP contribution in [0.25, 0.3) is 0 Å². The van der Waals surface area contributed by atoms with Gasteiger partial charge in [-0.25, -0.2) is 17.7 Å². The van der Waals surface area contributed by atoms with Crippen LogP contribution in [0.15, 0.2) is 6.20 Å². The summed E-state index contributed by atoms with van der Waals surface area (Å²) in [6, 6.07) is 0. The van der Waals surface area contributed by atoms with Gasteiger partial charge >= 0.3 is 0 Å². The zero-order chi connectivity index (χ0) is 14.9. The summed E-state index contributed by atoms with van der Waals surface area (Å²) in [4.78, 5) is 7.66. The second-order valence-electron chi connectivity index (χ2n) is 6.45. The quantitative estimate of drug-likeness (QED) is 0.933. The molecule has 2 aliphatic rings. The van der Waals surface area contributed by atoms with Gasteiger partial charge in [0.1, 0.15) is 5.82 Å². The van der Waals surface area contributed by atoms with Gasteiger partial charge in [0.15, 0.2) is 0 Å². The lowest BCUT2D eigenvalue weighted by molar-refractivity contribution is 0.302. The number of piperidine rings is 1. The van der Waals surface area contributed by atoms with E-state index < -0.39 is 10.0 Å². The van der Waals surface area contributed by atoms with Crippen LogP contribution in [0, 0.1) is 6.92 Å². The van der Waals surface area contributed by atoms with Gasteiger partial charge in [0.2, 0.25) is 10.0 Å². The first-order valence-electron chi connectivity index (χ1n) is 8.08. The maximum atomic E-state index is 12.8. The van der Waals surface area contributed by atoms with Gasteiger partial charge in [-0.1, -0.05) is 19.3 Å². The smallest absolute Gasteiger partial charge is 0.217 e. The van der Waals surface area contributed by atoms with E-state index in [4.69, 9.17) is 0 Å². The first-order valence-corrected chi connectivity index (χ1v) is 9.58. The van der Waals surface area contributed by atoms with E-state index in [1.165, 1.54) is 6.42 Å². The number of rotatable bonds is 3. The van der Waals surface area contributed by atoms with E-state index in [1.807, 2.05) is 13.1 Å². The summed E-state index contributed by atoms with van der Waals surface area (Å²) < 4.78 is 27.4. The van der Waals surface area contributed by atoms with Gasteiger partial charge < -0.3 is 4.98 Å². The van der Waals surface area contributed by atoms with E-state index in [9.17, 15) is 8.42 Å². The molecule has 1 aromatic heterocycles. The summed E-state index contributed by atoms with van der Waals surface area (Å²) >= 11 is 0. The van der Waals surface area contributed by atoms with Crippen molar-refractivity contribution in [2.75, 3.05) is 13.1 Å². The molecule has 0 amide bonds. The molecule has 21 heavy (non-hydrogen) atoms. The van der Waals surface area contributed by atoms with Crippen molar-refractivity contribution >= 4 is 10.0 Å². The van der Waals surface area contributed by atoms with Crippen LogP contribution in [0.3, 0.4) is 0 Å². The fraction of sp³-hybridized carbons (Fsp3) is 0.800. The molecule has 0 bridgehead atoms.